The van der Waals surface area contributed by atoms with Crippen LogP contribution >= 0.6 is 0 Å². The Hall–Kier alpha value is -1.67. The molecule has 0 spiro atoms. The maximum atomic E-state index is 5.35. The number of ether oxygens (including phenoxy) is 1. The third-order valence-electron chi connectivity index (χ3n) is 2.79. The van der Waals surface area contributed by atoms with E-state index in [9.17, 15) is 0 Å². The summed E-state index contributed by atoms with van der Waals surface area (Å²) in [5.41, 5.74) is 2.43. The summed E-state index contributed by atoms with van der Waals surface area (Å²) >= 11 is 0. The number of hydrogen-bond donors (Lipinski definition) is 2. The van der Waals surface area contributed by atoms with Gasteiger partial charge in [0.15, 0.2) is 0 Å². The van der Waals surface area contributed by atoms with Crippen LogP contribution in [0.2, 0.25) is 0 Å². The van der Waals surface area contributed by atoms with E-state index in [0.29, 0.717) is 24.5 Å². The van der Waals surface area contributed by atoms with Gasteiger partial charge in [-0.15, -0.1) is 0 Å². The number of hydrazine groups is 1. The van der Waals surface area contributed by atoms with E-state index in [1.54, 1.807) is 0 Å². The Labute approximate surface area is 106 Å². The largest absolute Gasteiger partial charge is 0.464 e. The van der Waals surface area contributed by atoms with Crippen LogP contribution in [0.1, 0.15) is 6.92 Å². The van der Waals surface area contributed by atoms with Gasteiger partial charge in [-0.05, 0) is 14.0 Å². The second kappa shape index (κ2) is 5.78. The van der Waals surface area contributed by atoms with Crippen LogP contribution in [0.3, 0.4) is 0 Å². The number of nitrogens with one attached hydrogen (secondary N) is 1. The van der Waals surface area contributed by atoms with Crippen molar-refractivity contribution in [3.05, 3.63) is 0 Å². The van der Waals surface area contributed by atoms with Crippen molar-refractivity contribution in [1.29, 1.82) is 0 Å². The highest BCUT2D eigenvalue weighted by Gasteiger charge is 2.18. The van der Waals surface area contributed by atoms with E-state index in [-0.39, 0.29) is 0 Å². The third kappa shape index (κ3) is 2.96. The Balaban J connectivity index is 2.17. The van der Waals surface area contributed by atoms with Gasteiger partial charge < -0.3 is 14.5 Å². The average Bonchev–Trinajstić information content (AvgIpc) is 2.39. The first-order valence-corrected chi connectivity index (χ1v) is 6.02. The molecule has 0 amide bonds. The van der Waals surface area contributed by atoms with Gasteiger partial charge in [-0.1, -0.05) is 0 Å². The van der Waals surface area contributed by atoms with Crippen LogP contribution < -0.4 is 20.9 Å². The summed E-state index contributed by atoms with van der Waals surface area (Å²) in [7, 11) is 2.10. The lowest BCUT2D eigenvalue weighted by Gasteiger charge is -2.32. The van der Waals surface area contributed by atoms with Gasteiger partial charge in [-0.25, -0.2) is 5.84 Å². The number of rotatable bonds is 4. The minimum Gasteiger partial charge on any atom is -0.464 e. The molecule has 0 radical (unpaired) electrons. The summed E-state index contributed by atoms with van der Waals surface area (Å²) in [5.74, 6) is 6.28. The molecule has 0 aromatic carbocycles. The predicted octanol–water partition coefficient (Wildman–Crippen LogP) is -0.692. The number of anilines is 2. The number of hydrogen-bond acceptors (Lipinski definition) is 8. The van der Waals surface area contributed by atoms with Crippen LogP contribution in [0, 0.1) is 0 Å². The van der Waals surface area contributed by atoms with Crippen molar-refractivity contribution in [1.82, 2.24) is 19.9 Å². The van der Waals surface area contributed by atoms with E-state index in [0.717, 1.165) is 26.2 Å². The first-order chi connectivity index (χ1) is 8.72. The molecule has 0 aliphatic carbocycles. The number of likely N-dealkylation sites (N-methyl/N-ethyl adjacent to an activating group) is 1. The van der Waals surface area contributed by atoms with Crippen molar-refractivity contribution in [2.24, 2.45) is 5.84 Å². The Morgan fingerprint density at radius 1 is 1.22 bits per heavy atom. The standard InChI is InChI=1S/C10H19N7O/c1-3-18-10-13-8(15-11)12-9(14-10)17-6-4-16(2)5-7-17/h3-7,11H2,1-2H3,(H,12,13,14,15). The normalized spacial score (nSPS) is 16.7. The second-order valence-corrected chi connectivity index (χ2v) is 4.11. The van der Waals surface area contributed by atoms with Crippen LogP contribution in [0.15, 0.2) is 0 Å². The summed E-state index contributed by atoms with van der Waals surface area (Å²) in [6.45, 7) is 6.14. The Kier molecular flexibility index (Phi) is 4.11. The minimum absolute atomic E-state index is 0.300. The second-order valence-electron chi connectivity index (χ2n) is 4.11. The predicted molar refractivity (Wildman–Crippen MR) is 68.5 cm³/mol. The van der Waals surface area contributed by atoms with E-state index >= 15 is 0 Å². The summed E-state index contributed by atoms with van der Waals surface area (Å²) in [5, 5.41) is 0. The maximum absolute atomic E-state index is 5.35. The van der Waals surface area contributed by atoms with Gasteiger partial charge in [0, 0.05) is 26.2 Å². The van der Waals surface area contributed by atoms with Crippen LogP contribution in [0.25, 0.3) is 0 Å². The zero-order chi connectivity index (χ0) is 13.0. The van der Waals surface area contributed by atoms with Gasteiger partial charge in [0.1, 0.15) is 0 Å². The lowest BCUT2D eigenvalue weighted by molar-refractivity contribution is 0.303. The van der Waals surface area contributed by atoms with Crippen LogP contribution in [-0.2, 0) is 0 Å². The van der Waals surface area contributed by atoms with E-state index in [1.807, 2.05) is 6.92 Å². The molecular formula is C10H19N7O. The molecule has 0 bridgehead atoms. The highest BCUT2D eigenvalue weighted by atomic mass is 16.5. The van der Waals surface area contributed by atoms with Crippen molar-refractivity contribution >= 4 is 11.9 Å². The molecule has 1 aromatic rings. The van der Waals surface area contributed by atoms with Crippen molar-refractivity contribution in [2.75, 3.05) is 50.2 Å². The molecular weight excluding hydrogens is 234 g/mol. The number of nitrogen functional groups attached to an aromatic ring is 1. The van der Waals surface area contributed by atoms with E-state index in [1.165, 1.54) is 0 Å². The third-order valence-corrected chi connectivity index (χ3v) is 2.79. The molecule has 0 saturated carbocycles. The zero-order valence-electron chi connectivity index (χ0n) is 10.8. The van der Waals surface area contributed by atoms with Crippen molar-refractivity contribution in [2.45, 2.75) is 6.92 Å². The first-order valence-electron chi connectivity index (χ1n) is 6.02. The van der Waals surface area contributed by atoms with E-state index in [4.69, 9.17) is 10.6 Å². The zero-order valence-corrected chi connectivity index (χ0v) is 10.8. The molecule has 0 unspecified atom stereocenters. The Bertz CT molecular complexity index is 392. The first kappa shape index (κ1) is 12.8. The fourth-order valence-electron chi connectivity index (χ4n) is 1.75. The number of nitrogens with zero attached hydrogens (tertiary/aromatic N) is 5. The lowest BCUT2D eigenvalue weighted by Crippen LogP contribution is -2.45. The molecule has 1 aliphatic rings. The van der Waals surface area contributed by atoms with Crippen LogP contribution in [0.5, 0.6) is 6.01 Å². The molecule has 2 heterocycles. The summed E-state index contributed by atoms with van der Waals surface area (Å²) in [6.07, 6.45) is 0. The summed E-state index contributed by atoms with van der Waals surface area (Å²) in [6, 6.07) is 0.300. The van der Waals surface area contributed by atoms with Crippen molar-refractivity contribution in [3.63, 3.8) is 0 Å². The van der Waals surface area contributed by atoms with Crippen LogP contribution in [0.4, 0.5) is 11.9 Å². The molecule has 18 heavy (non-hydrogen) atoms. The van der Waals surface area contributed by atoms with Gasteiger partial charge in [-0.2, -0.15) is 15.0 Å². The lowest BCUT2D eigenvalue weighted by atomic mass is 10.3. The van der Waals surface area contributed by atoms with E-state index < -0.39 is 0 Å². The van der Waals surface area contributed by atoms with Crippen molar-refractivity contribution < 1.29 is 4.74 Å². The highest BCUT2D eigenvalue weighted by molar-refractivity contribution is 5.38. The number of aromatic nitrogens is 3. The number of piperazine rings is 1. The molecule has 1 saturated heterocycles. The molecule has 1 aromatic heterocycles. The molecule has 100 valence electrons. The van der Waals surface area contributed by atoms with Gasteiger partial charge in [-0.3, -0.25) is 5.43 Å². The quantitative estimate of drug-likeness (QED) is 0.538. The molecule has 1 aliphatic heterocycles. The van der Waals surface area contributed by atoms with E-state index in [2.05, 4.69) is 37.2 Å². The van der Waals surface area contributed by atoms with Crippen LogP contribution in [-0.4, -0.2) is 59.7 Å². The molecule has 3 N–H and O–H groups in total. The topological polar surface area (TPSA) is 92.4 Å². The fraction of sp³-hybridized carbons (Fsp3) is 0.700. The van der Waals surface area contributed by atoms with Gasteiger partial charge in [0.25, 0.3) is 0 Å². The van der Waals surface area contributed by atoms with Gasteiger partial charge in [0.2, 0.25) is 11.9 Å². The number of nitrogens with two attached hydrogens (primary N) is 1. The smallest absolute Gasteiger partial charge is 0.323 e. The molecule has 8 heteroatoms. The molecule has 8 nitrogen and oxygen atoms in total. The Morgan fingerprint density at radius 2 is 1.94 bits per heavy atom. The van der Waals surface area contributed by atoms with Gasteiger partial charge >= 0.3 is 6.01 Å². The monoisotopic (exact) mass is 253 g/mol. The minimum atomic E-state index is 0.300. The fourth-order valence-corrected chi connectivity index (χ4v) is 1.75. The average molecular weight is 253 g/mol. The molecule has 1 fully saturated rings. The molecule has 2 rings (SSSR count). The Morgan fingerprint density at radius 3 is 2.56 bits per heavy atom. The SMILES string of the molecule is CCOc1nc(NN)nc(N2CCN(C)CC2)n1. The highest BCUT2D eigenvalue weighted by Crippen LogP contribution is 2.15. The van der Waals surface area contributed by atoms with Gasteiger partial charge in [0.05, 0.1) is 6.61 Å². The summed E-state index contributed by atoms with van der Waals surface area (Å²) in [4.78, 5) is 16.9. The summed E-state index contributed by atoms with van der Waals surface area (Å²) < 4.78 is 5.31. The molecule has 0 atom stereocenters. The maximum Gasteiger partial charge on any atom is 0.323 e. The van der Waals surface area contributed by atoms with Crippen molar-refractivity contribution in [3.8, 4) is 6.01 Å².